The van der Waals surface area contributed by atoms with E-state index in [9.17, 15) is 27.3 Å². The maximum absolute atomic E-state index is 11.4. The largest absolute Gasteiger partial charge is 0.449 e. The van der Waals surface area contributed by atoms with Crippen molar-refractivity contribution >= 4 is 34.2 Å². The number of nitrogens with zero attached hydrogens (tertiary/aromatic N) is 2. The molecule has 5 N–H and O–H groups in total. The first-order valence-electron chi connectivity index (χ1n) is 9.47. The molecular formula is C21H22F3N5O3S. The van der Waals surface area contributed by atoms with Gasteiger partial charge in [0.1, 0.15) is 16.8 Å². The number of aliphatic hydroxyl groups excluding tert-OH is 1. The van der Waals surface area contributed by atoms with Gasteiger partial charge in [0, 0.05) is 25.4 Å². The maximum Gasteiger partial charge on any atom is 0.449 e. The van der Waals surface area contributed by atoms with E-state index in [-0.39, 0.29) is 0 Å². The van der Waals surface area contributed by atoms with Crippen molar-refractivity contribution in [1.29, 1.82) is 0 Å². The van der Waals surface area contributed by atoms with Crippen molar-refractivity contribution in [2.45, 2.75) is 24.1 Å². The van der Waals surface area contributed by atoms with Crippen molar-refractivity contribution in [3.8, 4) is 0 Å². The molecular weight excluding hydrogens is 459 g/mol. The minimum Gasteiger partial charge on any atom is -0.387 e. The predicted molar refractivity (Wildman–Crippen MR) is 119 cm³/mol. The first-order valence-corrected chi connectivity index (χ1v) is 10.7. The third kappa shape index (κ3) is 8.96. The van der Waals surface area contributed by atoms with E-state index >= 15 is 0 Å². The molecule has 0 aliphatic heterocycles. The van der Waals surface area contributed by atoms with Gasteiger partial charge in [0.15, 0.2) is 0 Å². The van der Waals surface area contributed by atoms with E-state index in [4.69, 9.17) is 5.14 Å². The Kier molecular flexibility index (Phi) is 9.45. The van der Waals surface area contributed by atoms with Crippen molar-refractivity contribution in [3.63, 3.8) is 0 Å². The summed E-state index contributed by atoms with van der Waals surface area (Å²) >= 11 is 0. The number of benzene rings is 2. The van der Waals surface area contributed by atoms with E-state index in [1.807, 2.05) is 30.3 Å². The van der Waals surface area contributed by atoms with Gasteiger partial charge in [-0.3, -0.25) is 4.79 Å². The van der Waals surface area contributed by atoms with Crippen molar-refractivity contribution < 1.29 is 27.3 Å². The minimum atomic E-state index is -4.64. The minimum absolute atomic E-state index is 0.322. The van der Waals surface area contributed by atoms with Crippen LogP contribution in [0.15, 0.2) is 71.8 Å². The first-order chi connectivity index (χ1) is 15.6. The molecule has 12 heteroatoms. The fourth-order valence-corrected chi connectivity index (χ4v) is 2.80. The highest BCUT2D eigenvalue weighted by Crippen LogP contribution is 2.18. The summed E-state index contributed by atoms with van der Waals surface area (Å²) < 4.78 is 43.9. The van der Waals surface area contributed by atoms with Gasteiger partial charge >= 0.3 is 6.18 Å². The Hall–Kier alpha value is -3.35. The number of anilines is 3. The van der Waals surface area contributed by atoms with Crippen LogP contribution in [0.3, 0.4) is 0 Å². The van der Waals surface area contributed by atoms with Gasteiger partial charge in [-0.1, -0.05) is 36.4 Å². The van der Waals surface area contributed by atoms with Gasteiger partial charge in [0.2, 0.25) is 11.7 Å². The topological polar surface area (TPSA) is 130 Å². The summed E-state index contributed by atoms with van der Waals surface area (Å²) in [7, 11) is -1.55. The first kappa shape index (κ1) is 25.9. The Morgan fingerprint density at radius 2 is 1.82 bits per heavy atom. The van der Waals surface area contributed by atoms with E-state index in [0.29, 0.717) is 35.8 Å². The molecule has 0 spiro atoms. The molecule has 33 heavy (non-hydrogen) atoms. The van der Waals surface area contributed by atoms with E-state index in [1.165, 1.54) is 0 Å². The van der Waals surface area contributed by atoms with Crippen LogP contribution in [0, 0.1) is 0 Å². The smallest absolute Gasteiger partial charge is 0.387 e. The van der Waals surface area contributed by atoms with Gasteiger partial charge in [-0.2, -0.15) is 18.2 Å². The van der Waals surface area contributed by atoms with Crippen LogP contribution in [-0.4, -0.2) is 37.8 Å². The standard InChI is InChI=1S/C18H19N5O2S.C3H3F3O/c19-26(25)15-8-4-7-14(11-15)22-18-20-10-9-17(23-18)21-12-16(24)13-5-2-1-3-6-13;1-2(7)3(4,5)6/h1-11,16,24H,12,19H2,(H2,20,21,22,23);1H3. The highest BCUT2D eigenvalue weighted by Gasteiger charge is 2.33. The molecule has 2 aromatic carbocycles. The summed E-state index contributed by atoms with van der Waals surface area (Å²) in [6.45, 7) is 0.808. The van der Waals surface area contributed by atoms with E-state index < -0.39 is 29.0 Å². The maximum atomic E-state index is 11.4. The van der Waals surface area contributed by atoms with Crippen LogP contribution in [0.25, 0.3) is 0 Å². The predicted octanol–water partition coefficient (Wildman–Crippen LogP) is 3.48. The fraction of sp³-hybridized carbons (Fsp3) is 0.190. The molecule has 3 rings (SSSR count). The number of aliphatic hydroxyl groups is 1. The summed E-state index contributed by atoms with van der Waals surface area (Å²) in [4.78, 5) is 18.4. The molecule has 2 unspecified atom stereocenters. The molecule has 1 aromatic heterocycles. The number of rotatable bonds is 7. The van der Waals surface area contributed by atoms with Crippen LogP contribution in [-0.2, 0) is 15.8 Å². The lowest BCUT2D eigenvalue weighted by Crippen LogP contribution is -2.18. The van der Waals surface area contributed by atoms with Crippen molar-refractivity contribution in [2.75, 3.05) is 17.2 Å². The number of hydrogen-bond donors (Lipinski definition) is 4. The van der Waals surface area contributed by atoms with Crippen molar-refractivity contribution in [3.05, 3.63) is 72.4 Å². The summed E-state index contributed by atoms with van der Waals surface area (Å²) in [6.07, 6.45) is -3.67. The number of carbonyl (C=O) groups is 1. The molecule has 0 bridgehead atoms. The zero-order valence-corrected chi connectivity index (χ0v) is 18.2. The zero-order valence-electron chi connectivity index (χ0n) is 17.4. The summed E-state index contributed by atoms with van der Waals surface area (Å²) in [5.74, 6) is -0.798. The molecule has 2 atom stereocenters. The molecule has 3 aromatic rings. The Labute approximate surface area is 190 Å². The molecule has 0 saturated heterocycles. The molecule has 0 aliphatic rings. The molecule has 1 heterocycles. The Bertz CT molecular complexity index is 1080. The zero-order chi connectivity index (χ0) is 24.4. The lowest BCUT2D eigenvalue weighted by molar-refractivity contribution is -0.168. The van der Waals surface area contributed by atoms with Gasteiger partial charge in [-0.25, -0.2) is 14.3 Å². The summed E-state index contributed by atoms with van der Waals surface area (Å²) in [6, 6.07) is 18.0. The van der Waals surface area contributed by atoms with Crippen molar-refractivity contribution in [1.82, 2.24) is 9.97 Å². The van der Waals surface area contributed by atoms with Crippen LogP contribution in [0.4, 0.5) is 30.6 Å². The number of alkyl halides is 3. The monoisotopic (exact) mass is 481 g/mol. The van der Waals surface area contributed by atoms with Crippen LogP contribution in [0.5, 0.6) is 0 Å². The van der Waals surface area contributed by atoms with Crippen LogP contribution >= 0.6 is 0 Å². The number of aromatic nitrogens is 2. The lowest BCUT2D eigenvalue weighted by atomic mass is 10.1. The van der Waals surface area contributed by atoms with Crippen molar-refractivity contribution in [2.24, 2.45) is 5.14 Å². The fourth-order valence-electron chi connectivity index (χ4n) is 2.34. The highest BCUT2D eigenvalue weighted by molar-refractivity contribution is 7.82. The molecule has 0 aliphatic carbocycles. The van der Waals surface area contributed by atoms with Crippen LogP contribution < -0.4 is 15.8 Å². The number of carbonyl (C=O) groups excluding carboxylic acids is 1. The average molecular weight is 482 g/mol. The molecule has 0 amide bonds. The second-order valence-corrected chi connectivity index (χ2v) is 7.64. The van der Waals surface area contributed by atoms with Gasteiger partial charge in [-0.15, -0.1) is 0 Å². The third-order valence-corrected chi connectivity index (χ3v) is 4.76. The molecule has 0 fully saturated rings. The van der Waals surface area contributed by atoms with E-state index in [2.05, 4.69) is 20.6 Å². The SMILES string of the molecule is CC(=O)C(F)(F)F.NS(=O)c1cccc(Nc2nccc(NCC(O)c3ccccc3)n2)c1. The molecule has 8 nitrogen and oxygen atoms in total. The summed E-state index contributed by atoms with van der Waals surface area (Å²) in [5.41, 5.74) is 1.52. The Morgan fingerprint density at radius 3 is 2.42 bits per heavy atom. The van der Waals surface area contributed by atoms with Crippen LogP contribution in [0.1, 0.15) is 18.6 Å². The normalized spacial score (nSPS) is 12.7. The van der Waals surface area contributed by atoms with Gasteiger partial charge < -0.3 is 15.7 Å². The van der Waals surface area contributed by atoms with E-state index in [1.54, 1.807) is 36.5 Å². The van der Waals surface area contributed by atoms with Gasteiger partial charge in [0.05, 0.1) is 11.0 Å². The van der Waals surface area contributed by atoms with Gasteiger partial charge in [0.25, 0.3) is 0 Å². The molecule has 0 saturated carbocycles. The molecule has 0 radical (unpaired) electrons. The van der Waals surface area contributed by atoms with E-state index in [0.717, 1.165) is 5.56 Å². The Balaban J connectivity index is 0.000000479. The third-order valence-electron chi connectivity index (χ3n) is 4.04. The number of nitrogens with two attached hydrogens (primary N) is 1. The number of ketones is 1. The summed E-state index contributed by atoms with van der Waals surface area (Å²) in [5, 5.41) is 21.7. The number of Topliss-reactive ketones (excluding diaryl/α,β-unsaturated/α-hetero) is 1. The Morgan fingerprint density at radius 1 is 1.15 bits per heavy atom. The average Bonchev–Trinajstić information content (AvgIpc) is 2.78. The van der Waals surface area contributed by atoms with Crippen LogP contribution in [0.2, 0.25) is 0 Å². The number of nitrogens with one attached hydrogen (secondary N) is 2. The van der Waals surface area contributed by atoms with Gasteiger partial charge in [-0.05, 0) is 29.8 Å². The second kappa shape index (κ2) is 12.0. The lowest BCUT2D eigenvalue weighted by Gasteiger charge is -2.13. The quantitative estimate of drug-likeness (QED) is 0.406. The molecule has 176 valence electrons. The number of hydrogen-bond acceptors (Lipinski definition) is 7. The highest BCUT2D eigenvalue weighted by atomic mass is 32.2. The number of halogens is 3. The second-order valence-electron chi connectivity index (χ2n) is 6.58.